The second-order valence-electron chi connectivity index (χ2n) is 3.01. The molecule has 0 heterocycles. The molecule has 0 fully saturated rings. The number of benzene rings is 1. The van der Waals surface area contributed by atoms with Gasteiger partial charge in [0.1, 0.15) is 6.61 Å². The van der Waals surface area contributed by atoms with E-state index in [0.717, 1.165) is 12.1 Å². The Morgan fingerprint density at radius 2 is 2.17 bits per heavy atom. The molecule has 0 aliphatic rings. The van der Waals surface area contributed by atoms with Crippen LogP contribution in [0.25, 0.3) is 0 Å². The van der Waals surface area contributed by atoms with Gasteiger partial charge in [-0.25, -0.2) is 9.18 Å². The maximum Gasteiger partial charge on any atom is 0.411 e. The fraction of sp³-hybridized carbons (Fsp3) is 0.300. The molecule has 100 valence electrons. The summed E-state index contributed by atoms with van der Waals surface area (Å²) in [4.78, 5) is 11.0. The molecule has 0 atom stereocenters. The van der Waals surface area contributed by atoms with Crippen molar-refractivity contribution in [3.8, 4) is 5.75 Å². The summed E-state index contributed by atoms with van der Waals surface area (Å²) < 4.78 is 45.3. The van der Waals surface area contributed by atoms with Gasteiger partial charge in [0.2, 0.25) is 0 Å². The van der Waals surface area contributed by atoms with Gasteiger partial charge in [0.15, 0.2) is 11.6 Å². The number of nitrogens with one attached hydrogen (secondary N) is 1. The van der Waals surface area contributed by atoms with Crippen LogP contribution >= 0.6 is 0 Å². The van der Waals surface area contributed by atoms with Gasteiger partial charge in [0.05, 0.1) is 6.61 Å². The van der Waals surface area contributed by atoms with Crippen molar-refractivity contribution in [3.63, 3.8) is 0 Å². The van der Waals surface area contributed by atoms with Crippen LogP contribution in [-0.2, 0) is 4.74 Å². The predicted octanol–water partition coefficient (Wildman–Crippen LogP) is 1.97. The molecule has 2 N–H and O–H groups in total. The van der Waals surface area contributed by atoms with Crippen LogP contribution in [0.4, 0.5) is 23.7 Å². The lowest BCUT2D eigenvalue weighted by molar-refractivity contribution is -0.0521. The molecule has 1 rings (SSSR count). The highest BCUT2D eigenvalue weighted by molar-refractivity contribution is 5.84. The minimum absolute atomic E-state index is 0.0112. The average Bonchev–Trinajstić information content (AvgIpc) is 2.29. The van der Waals surface area contributed by atoms with E-state index in [9.17, 15) is 18.0 Å². The highest BCUT2D eigenvalue weighted by atomic mass is 19.3. The van der Waals surface area contributed by atoms with Gasteiger partial charge < -0.3 is 14.6 Å². The number of aliphatic hydroxyl groups excluding tert-OH is 1. The number of alkyl halides is 2. The number of hydrogen-bond donors (Lipinski definition) is 2. The van der Waals surface area contributed by atoms with E-state index in [0.29, 0.717) is 0 Å². The van der Waals surface area contributed by atoms with Crippen LogP contribution in [0.1, 0.15) is 0 Å². The van der Waals surface area contributed by atoms with Crippen molar-refractivity contribution in [2.24, 2.45) is 0 Å². The second kappa shape index (κ2) is 6.70. The lowest BCUT2D eigenvalue weighted by atomic mass is 10.3. The maximum absolute atomic E-state index is 13.2. The van der Waals surface area contributed by atoms with E-state index in [1.54, 1.807) is 0 Å². The third-order valence-electron chi connectivity index (χ3n) is 1.72. The molecule has 5 nitrogen and oxygen atoms in total. The number of carbonyl (C=O) groups is 1. The largest absolute Gasteiger partial charge is 0.447 e. The molecular weight excluding hydrogens is 255 g/mol. The molecule has 18 heavy (non-hydrogen) atoms. The summed E-state index contributed by atoms with van der Waals surface area (Å²) in [6.45, 7) is -3.68. The zero-order valence-electron chi connectivity index (χ0n) is 9.03. The number of halogens is 3. The molecule has 8 heteroatoms. The van der Waals surface area contributed by atoms with E-state index in [1.807, 2.05) is 0 Å². The number of hydrogen-bond acceptors (Lipinski definition) is 4. The monoisotopic (exact) mass is 265 g/mol. The topological polar surface area (TPSA) is 67.8 Å². The second-order valence-corrected chi connectivity index (χ2v) is 3.01. The van der Waals surface area contributed by atoms with Crippen molar-refractivity contribution in [1.29, 1.82) is 0 Å². The summed E-state index contributed by atoms with van der Waals surface area (Å²) in [5, 5.41) is 10.5. The van der Waals surface area contributed by atoms with E-state index in [-0.39, 0.29) is 18.9 Å². The van der Waals surface area contributed by atoms with Gasteiger partial charge in [0, 0.05) is 11.8 Å². The van der Waals surface area contributed by atoms with Crippen LogP contribution < -0.4 is 10.1 Å². The number of ether oxygens (including phenoxy) is 2. The average molecular weight is 265 g/mol. The normalized spacial score (nSPS) is 10.3. The Morgan fingerprint density at radius 3 is 2.72 bits per heavy atom. The van der Waals surface area contributed by atoms with Gasteiger partial charge in [-0.2, -0.15) is 8.78 Å². The summed E-state index contributed by atoms with van der Waals surface area (Å²) in [6.07, 6.45) is -0.897. The Kier molecular flexibility index (Phi) is 5.25. The first-order valence-corrected chi connectivity index (χ1v) is 4.82. The third-order valence-corrected chi connectivity index (χ3v) is 1.72. The number of amides is 1. The molecule has 0 aliphatic heterocycles. The fourth-order valence-electron chi connectivity index (χ4n) is 1.06. The third kappa shape index (κ3) is 4.50. The van der Waals surface area contributed by atoms with E-state index in [4.69, 9.17) is 5.11 Å². The SMILES string of the molecule is O=C(Nc1ccc(OC(F)F)c(F)c1)OCCO. The molecule has 0 spiro atoms. The van der Waals surface area contributed by atoms with Crippen molar-refractivity contribution in [1.82, 2.24) is 0 Å². The summed E-state index contributed by atoms with van der Waals surface area (Å²) >= 11 is 0. The van der Waals surface area contributed by atoms with Crippen LogP contribution in [0, 0.1) is 5.82 Å². The summed E-state index contributed by atoms with van der Waals surface area (Å²) in [5.41, 5.74) is 0.0112. The molecule has 0 bridgehead atoms. The Bertz CT molecular complexity index is 414. The van der Waals surface area contributed by atoms with Crippen molar-refractivity contribution in [3.05, 3.63) is 24.0 Å². The smallest absolute Gasteiger partial charge is 0.411 e. The molecule has 0 aliphatic carbocycles. The zero-order valence-corrected chi connectivity index (χ0v) is 9.03. The van der Waals surface area contributed by atoms with Crippen molar-refractivity contribution >= 4 is 11.8 Å². The number of rotatable bonds is 5. The van der Waals surface area contributed by atoms with Gasteiger partial charge in [-0.15, -0.1) is 0 Å². The fourth-order valence-corrected chi connectivity index (χ4v) is 1.06. The lowest BCUT2D eigenvalue weighted by Gasteiger charge is -2.08. The molecule has 1 amide bonds. The minimum atomic E-state index is -3.13. The highest BCUT2D eigenvalue weighted by Gasteiger charge is 2.11. The van der Waals surface area contributed by atoms with E-state index in [1.165, 1.54) is 6.07 Å². The number of aliphatic hydroxyl groups is 1. The first-order chi connectivity index (χ1) is 8.52. The van der Waals surface area contributed by atoms with Crippen LogP contribution in [0.15, 0.2) is 18.2 Å². The molecule has 1 aromatic carbocycles. The van der Waals surface area contributed by atoms with E-state index < -0.39 is 24.3 Å². The first kappa shape index (κ1) is 14.1. The van der Waals surface area contributed by atoms with Crippen LogP contribution in [0.2, 0.25) is 0 Å². The van der Waals surface area contributed by atoms with E-state index in [2.05, 4.69) is 14.8 Å². The highest BCUT2D eigenvalue weighted by Crippen LogP contribution is 2.22. The van der Waals surface area contributed by atoms with Crippen LogP contribution in [0.5, 0.6) is 5.75 Å². The van der Waals surface area contributed by atoms with Gasteiger partial charge >= 0.3 is 12.7 Å². The van der Waals surface area contributed by atoms with Gasteiger partial charge in [0.25, 0.3) is 0 Å². The van der Waals surface area contributed by atoms with Gasteiger partial charge in [-0.05, 0) is 12.1 Å². The maximum atomic E-state index is 13.2. The van der Waals surface area contributed by atoms with Crippen molar-refractivity contribution < 1.29 is 32.5 Å². The standard InChI is InChI=1S/C10H10F3NO4/c11-7-5-6(14-10(16)17-4-3-15)1-2-8(7)18-9(12)13/h1-2,5,9,15H,3-4H2,(H,14,16). The predicted molar refractivity (Wildman–Crippen MR) is 55.1 cm³/mol. The molecule has 0 saturated carbocycles. The number of carbonyl (C=O) groups excluding carboxylic acids is 1. The van der Waals surface area contributed by atoms with Crippen molar-refractivity contribution in [2.75, 3.05) is 18.5 Å². The van der Waals surface area contributed by atoms with Crippen LogP contribution in [-0.4, -0.2) is 31.0 Å². The Balaban J connectivity index is 2.63. The summed E-state index contributed by atoms with van der Waals surface area (Å²) in [6, 6.07) is 2.92. The zero-order chi connectivity index (χ0) is 13.5. The summed E-state index contributed by atoms with van der Waals surface area (Å²) in [7, 11) is 0. The molecular formula is C10H10F3NO4. The van der Waals surface area contributed by atoms with Crippen molar-refractivity contribution in [2.45, 2.75) is 6.61 Å². The molecule has 0 unspecified atom stereocenters. The van der Waals surface area contributed by atoms with Crippen LogP contribution in [0.3, 0.4) is 0 Å². The first-order valence-electron chi connectivity index (χ1n) is 4.82. The van der Waals surface area contributed by atoms with Gasteiger partial charge in [-0.1, -0.05) is 0 Å². The lowest BCUT2D eigenvalue weighted by Crippen LogP contribution is -2.16. The molecule has 1 aromatic rings. The Hall–Kier alpha value is -1.96. The van der Waals surface area contributed by atoms with Gasteiger partial charge in [-0.3, -0.25) is 5.32 Å². The summed E-state index contributed by atoms with van der Waals surface area (Å²) in [5.74, 6) is -1.67. The minimum Gasteiger partial charge on any atom is -0.447 e. The molecule has 0 saturated heterocycles. The quantitative estimate of drug-likeness (QED) is 0.854. The molecule has 0 aromatic heterocycles. The Labute approximate surface area is 100 Å². The van der Waals surface area contributed by atoms with E-state index >= 15 is 0 Å². The molecule has 0 radical (unpaired) electrons. The Morgan fingerprint density at radius 1 is 1.44 bits per heavy atom. The number of anilines is 1.